The lowest BCUT2D eigenvalue weighted by molar-refractivity contribution is -0.388. The Morgan fingerprint density at radius 3 is 2.82 bits per heavy atom. The molecule has 0 fully saturated rings. The molecule has 0 N–H and O–H groups in total. The zero-order chi connectivity index (χ0) is 12.3. The van der Waals surface area contributed by atoms with Crippen molar-refractivity contribution in [1.82, 2.24) is 15.2 Å². The van der Waals surface area contributed by atoms with E-state index in [0.717, 1.165) is 16.1 Å². The van der Waals surface area contributed by atoms with Crippen molar-refractivity contribution >= 4 is 40.5 Å². The normalized spacial score (nSPS) is 10.4. The molecule has 0 aliphatic rings. The van der Waals surface area contributed by atoms with Gasteiger partial charge in [0.25, 0.3) is 0 Å². The Hall–Kier alpha value is -1.19. The van der Waals surface area contributed by atoms with Crippen LogP contribution in [0.2, 0.25) is 0 Å². The van der Waals surface area contributed by atoms with Gasteiger partial charge in [-0.25, -0.2) is 4.98 Å². The molecule has 6 nitrogen and oxygen atoms in total. The first kappa shape index (κ1) is 12.3. The summed E-state index contributed by atoms with van der Waals surface area (Å²) in [7, 11) is 0. The lowest BCUT2D eigenvalue weighted by atomic mass is 10.4. The minimum absolute atomic E-state index is 0.0154. The highest BCUT2D eigenvalue weighted by Crippen LogP contribution is 2.35. The molecule has 0 aliphatic carbocycles. The predicted molar refractivity (Wildman–Crippen MR) is 66.7 cm³/mol. The van der Waals surface area contributed by atoms with E-state index < -0.39 is 4.92 Å². The summed E-state index contributed by atoms with van der Waals surface area (Å²) in [6, 6.07) is 2.96. The summed E-state index contributed by atoms with van der Waals surface area (Å²) in [4.78, 5) is 14.3. The first-order valence-corrected chi connectivity index (χ1v) is 7.21. The molecule has 2 rings (SSSR count). The molecule has 0 aliphatic heterocycles. The van der Waals surface area contributed by atoms with Gasteiger partial charge in [0.1, 0.15) is 0 Å². The topological polar surface area (TPSA) is 81.8 Å². The molecule has 2 heterocycles. The minimum atomic E-state index is -0.453. The highest BCUT2D eigenvalue weighted by molar-refractivity contribution is 8.03. The van der Waals surface area contributed by atoms with E-state index >= 15 is 0 Å². The minimum Gasteiger partial charge on any atom is -0.258 e. The molecule has 88 valence electrons. The van der Waals surface area contributed by atoms with Crippen LogP contribution in [0.5, 0.6) is 0 Å². The molecule has 2 aromatic heterocycles. The summed E-state index contributed by atoms with van der Waals surface area (Å²) >= 11 is 4.03. The van der Waals surface area contributed by atoms with Gasteiger partial charge in [0.15, 0.2) is 13.7 Å². The van der Waals surface area contributed by atoms with Gasteiger partial charge in [-0.15, -0.1) is 10.2 Å². The predicted octanol–water partition coefficient (Wildman–Crippen LogP) is 2.71. The standard InChI is InChI=1S/C8H6N4O2S3/c1-15-7-10-11-8(17-7)16-6-5(12(13)14)3-2-4-9-6/h2-4H,1H3. The van der Waals surface area contributed by atoms with Crippen molar-refractivity contribution in [3.05, 3.63) is 28.4 Å². The van der Waals surface area contributed by atoms with Gasteiger partial charge in [0.2, 0.25) is 0 Å². The van der Waals surface area contributed by atoms with E-state index in [4.69, 9.17) is 0 Å². The summed E-state index contributed by atoms with van der Waals surface area (Å²) in [6.07, 6.45) is 3.42. The third kappa shape index (κ3) is 2.93. The fourth-order valence-electron chi connectivity index (χ4n) is 1.00. The number of hydrogen-bond acceptors (Lipinski definition) is 8. The van der Waals surface area contributed by atoms with Crippen molar-refractivity contribution in [2.24, 2.45) is 0 Å². The van der Waals surface area contributed by atoms with Crippen LogP contribution in [-0.4, -0.2) is 26.4 Å². The van der Waals surface area contributed by atoms with E-state index in [-0.39, 0.29) is 5.69 Å². The van der Waals surface area contributed by atoms with Crippen molar-refractivity contribution in [2.75, 3.05) is 6.26 Å². The summed E-state index contributed by atoms with van der Waals surface area (Å²) in [6.45, 7) is 0. The molecule has 0 saturated carbocycles. The monoisotopic (exact) mass is 286 g/mol. The quantitative estimate of drug-likeness (QED) is 0.485. The van der Waals surface area contributed by atoms with Crippen LogP contribution in [0, 0.1) is 10.1 Å². The Bertz CT molecular complexity index is 545. The Morgan fingerprint density at radius 1 is 1.41 bits per heavy atom. The van der Waals surface area contributed by atoms with Gasteiger partial charge in [-0.05, 0) is 24.1 Å². The lowest BCUT2D eigenvalue weighted by Crippen LogP contribution is -1.92. The van der Waals surface area contributed by atoms with Crippen LogP contribution in [0.25, 0.3) is 0 Å². The summed E-state index contributed by atoms with van der Waals surface area (Å²) in [5.74, 6) is 0. The average Bonchev–Trinajstić information content (AvgIpc) is 2.77. The Labute approximate surface area is 109 Å². The average molecular weight is 286 g/mol. The Morgan fingerprint density at radius 2 is 2.18 bits per heavy atom. The van der Waals surface area contributed by atoms with Crippen LogP contribution in [0.15, 0.2) is 32.0 Å². The maximum atomic E-state index is 10.8. The molecule has 0 radical (unpaired) electrons. The summed E-state index contributed by atoms with van der Waals surface area (Å²) in [5.41, 5.74) is -0.0154. The molecule has 0 amide bonds. The fraction of sp³-hybridized carbons (Fsp3) is 0.125. The fourth-order valence-corrected chi connectivity index (χ4v) is 3.42. The number of rotatable bonds is 4. The van der Waals surface area contributed by atoms with E-state index in [9.17, 15) is 10.1 Å². The van der Waals surface area contributed by atoms with Crippen LogP contribution < -0.4 is 0 Å². The van der Waals surface area contributed by atoms with Crippen LogP contribution in [0.4, 0.5) is 5.69 Å². The van der Waals surface area contributed by atoms with Crippen molar-refractivity contribution in [3.8, 4) is 0 Å². The molecule has 0 bridgehead atoms. The van der Waals surface area contributed by atoms with Gasteiger partial charge >= 0.3 is 5.69 Å². The van der Waals surface area contributed by atoms with E-state index in [2.05, 4.69) is 15.2 Å². The van der Waals surface area contributed by atoms with Gasteiger partial charge in [-0.3, -0.25) is 10.1 Å². The second-order valence-electron chi connectivity index (χ2n) is 2.72. The number of hydrogen-bond donors (Lipinski definition) is 0. The maximum absolute atomic E-state index is 10.8. The third-order valence-corrected chi connectivity index (χ3v) is 4.65. The number of thioether (sulfide) groups is 1. The SMILES string of the molecule is CSc1nnc(Sc2ncccc2[N+](=O)[O-])s1. The van der Waals surface area contributed by atoms with Gasteiger partial charge in [0.05, 0.1) is 4.92 Å². The molecule has 17 heavy (non-hydrogen) atoms. The van der Waals surface area contributed by atoms with E-state index in [1.54, 1.807) is 0 Å². The second-order valence-corrected chi connectivity index (χ2v) is 5.99. The molecule has 0 aromatic carbocycles. The Kier molecular flexibility index (Phi) is 3.92. The second kappa shape index (κ2) is 5.43. The molecular weight excluding hydrogens is 280 g/mol. The van der Waals surface area contributed by atoms with E-state index in [1.165, 1.54) is 41.4 Å². The summed E-state index contributed by atoms with van der Waals surface area (Å²) < 4.78 is 1.47. The first-order valence-electron chi connectivity index (χ1n) is 4.35. The largest absolute Gasteiger partial charge is 0.301 e. The molecule has 9 heteroatoms. The van der Waals surface area contributed by atoms with Crippen LogP contribution in [0.1, 0.15) is 0 Å². The lowest BCUT2D eigenvalue weighted by Gasteiger charge is -1.97. The first-order chi connectivity index (χ1) is 8.20. The van der Waals surface area contributed by atoms with Crippen molar-refractivity contribution in [1.29, 1.82) is 0 Å². The van der Waals surface area contributed by atoms with Crippen LogP contribution in [-0.2, 0) is 0 Å². The highest BCUT2D eigenvalue weighted by atomic mass is 32.2. The molecule has 0 atom stereocenters. The van der Waals surface area contributed by atoms with E-state index in [1.807, 2.05) is 6.26 Å². The highest BCUT2D eigenvalue weighted by Gasteiger charge is 2.17. The van der Waals surface area contributed by atoms with Gasteiger partial charge in [-0.2, -0.15) is 0 Å². The number of nitrogens with zero attached hydrogens (tertiary/aromatic N) is 4. The molecule has 0 unspecified atom stereocenters. The van der Waals surface area contributed by atoms with Crippen molar-refractivity contribution in [2.45, 2.75) is 13.7 Å². The number of nitro groups is 1. The molecule has 0 saturated heterocycles. The smallest absolute Gasteiger partial charge is 0.258 e. The molecule has 0 spiro atoms. The van der Waals surface area contributed by atoms with Crippen molar-refractivity contribution < 1.29 is 4.92 Å². The summed E-state index contributed by atoms with van der Waals surface area (Å²) in [5, 5.41) is 19.0. The van der Waals surface area contributed by atoms with Gasteiger partial charge in [0, 0.05) is 12.3 Å². The zero-order valence-electron chi connectivity index (χ0n) is 8.56. The molecule has 2 aromatic rings. The maximum Gasteiger partial charge on any atom is 0.301 e. The van der Waals surface area contributed by atoms with Crippen LogP contribution >= 0.6 is 34.9 Å². The van der Waals surface area contributed by atoms with Gasteiger partial charge < -0.3 is 0 Å². The van der Waals surface area contributed by atoms with Crippen LogP contribution in [0.3, 0.4) is 0 Å². The van der Waals surface area contributed by atoms with E-state index in [0.29, 0.717) is 9.37 Å². The molecular formula is C8H6N4O2S3. The number of aromatic nitrogens is 3. The third-order valence-electron chi connectivity index (χ3n) is 1.69. The van der Waals surface area contributed by atoms with Crippen molar-refractivity contribution in [3.63, 3.8) is 0 Å². The van der Waals surface area contributed by atoms with Gasteiger partial charge in [-0.1, -0.05) is 23.1 Å². The zero-order valence-corrected chi connectivity index (χ0v) is 11.0. The number of pyridine rings is 1. The Balaban J connectivity index is 2.26.